The van der Waals surface area contributed by atoms with Crippen LogP contribution in [-0.4, -0.2) is 68.7 Å². The molecule has 10 nitrogen and oxygen atoms in total. The van der Waals surface area contributed by atoms with Crippen molar-refractivity contribution in [1.29, 1.82) is 0 Å². The zero-order valence-corrected chi connectivity index (χ0v) is 19.1. The molecule has 6 rings (SSSR count). The number of anilines is 2. The van der Waals surface area contributed by atoms with Crippen LogP contribution in [0.25, 0.3) is 11.2 Å². The lowest BCUT2D eigenvalue weighted by atomic mass is 9.80. The molecule has 0 aromatic carbocycles. The van der Waals surface area contributed by atoms with Crippen molar-refractivity contribution in [2.45, 2.75) is 25.1 Å². The smallest absolute Gasteiger partial charge is 0.377 e. The Morgan fingerprint density at radius 3 is 2.56 bits per heavy atom. The van der Waals surface area contributed by atoms with Crippen LogP contribution < -0.4 is 9.57 Å². The molecule has 0 aliphatic carbocycles. The van der Waals surface area contributed by atoms with Crippen molar-refractivity contribution in [2.24, 2.45) is 5.41 Å². The van der Waals surface area contributed by atoms with Gasteiger partial charge in [-0.15, -0.1) is 0 Å². The summed E-state index contributed by atoms with van der Waals surface area (Å²) in [6.07, 6.45) is 2.76. The molecule has 0 N–H and O–H groups in total. The maximum absolute atomic E-state index is 13.1. The standard InChI is InChI=1S/C20H22F3N8O2P/c21-20(22,23)15-6-24-7-17(27-15)30-11-19(12-34(30)32)1-3-29(4-2-19)16-8-25-14-5-26-31(18(14)28-16)13-9-33-10-13/h5-8,13,34H,1-4,9-12H2. The second kappa shape index (κ2) is 7.88. The molecule has 180 valence electrons. The molecule has 3 aromatic rings. The Hall–Kier alpha value is -2.79. The number of piperidine rings is 1. The number of fused-ring (bicyclic) bond motifs is 1. The van der Waals surface area contributed by atoms with Gasteiger partial charge in [0.2, 0.25) is 0 Å². The van der Waals surface area contributed by atoms with Crippen molar-refractivity contribution in [3.8, 4) is 0 Å². The Morgan fingerprint density at radius 1 is 1.06 bits per heavy atom. The molecule has 3 aliphatic heterocycles. The van der Waals surface area contributed by atoms with Gasteiger partial charge in [-0.25, -0.2) is 19.6 Å². The maximum atomic E-state index is 13.1. The first-order valence-electron chi connectivity index (χ1n) is 11.0. The first kappa shape index (κ1) is 21.7. The molecule has 6 heterocycles. The van der Waals surface area contributed by atoms with Gasteiger partial charge < -0.3 is 18.9 Å². The van der Waals surface area contributed by atoms with Crippen LogP contribution in [0.4, 0.5) is 24.8 Å². The van der Waals surface area contributed by atoms with Crippen LogP contribution in [0.5, 0.6) is 0 Å². The molecule has 1 unspecified atom stereocenters. The van der Waals surface area contributed by atoms with Gasteiger partial charge in [0.1, 0.15) is 17.4 Å². The minimum atomic E-state index is -4.59. The summed E-state index contributed by atoms with van der Waals surface area (Å²) in [4.78, 5) is 18.8. The molecule has 0 saturated carbocycles. The number of hydrogen-bond donors (Lipinski definition) is 0. The molecule has 14 heteroatoms. The van der Waals surface area contributed by atoms with E-state index in [0.717, 1.165) is 29.8 Å². The highest BCUT2D eigenvalue weighted by Gasteiger charge is 2.45. The first-order chi connectivity index (χ1) is 16.3. The molecule has 3 aromatic heterocycles. The average Bonchev–Trinajstić information content (AvgIpc) is 3.33. The highest BCUT2D eigenvalue weighted by molar-refractivity contribution is 7.47. The summed E-state index contributed by atoms with van der Waals surface area (Å²) >= 11 is 0. The molecular formula is C20H22F3N8O2P. The Bertz CT molecular complexity index is 1260. The van der Waals surface area contributed by atoms with E-state index < -0.39 is 19.8 Å². The molecule has 34 heavy (non-hydrogen) atoms. The van der Waals surface area contributed by atoms with E-state index in [1.165, 1.54) is 10.9 Å². The Morgan fingerprint density at radius 2 is 1.85 bits per heavy atom. The van der Waals surface area contributed by atoms with Crippen LogP contribution in [0.2, 0.25) is 0 Å². The number of halogens is 3. The number of alkyl halides is 3. The predicted molar refractivity (Wildman–Crippen MR) is 117 cm³/mol. The van der Waals surface area contributed by atoms with Crippen LogP contribution in [0.1, 0.15) is 24.6 Å². The molecule has 3 fully saturated rings. The second-order valence-electron chi connectivity index (χ2n) is 9.12. The summed E-state index contributed by atoms with van der Waals surface area (Å²) in [5.41, 5.74) is 0.158. The van der Waals surface area contributed by atoms with Crippen LogP contribution >= 0.6 is 7.95 Å². The van der Waals surface area contributed by atoms with Crippen LogP contribution in [0, 0.1) is 5.41 Å². The fraction of sp³-hybridized carbons (Fsp3) is 0.550. The second-order valence-corrected chi connectivity index (χ2v) is 10.8. The fourth-order valence-corrected chi connectivity index (χ4v) is 7.04. The summed E-state index contributed by atoms with van der Waals surface area (Å²) in [6.45, 7) is 3.02. The molecule has 1 spiro atoms. The van der Waals surface area contributed by atoms with Gasteiger partial charge in [0.05, 0.1) is 38.0 Å². The number of hydrogen-bond acceptors (Lipinski definition) is 8. The van der Waals surface area contributed by atoms with Crippen molar-refractivity contribution < 1.29 is 22.5 Å². The Labute approximate surface area is 193 Å². The van der Waals surface area contributed by atoms with E-state index in [0.29, 0.717) is 45.2 Å². The number of ether oxygens (including phenoxy) is 1. The van der Waals surface area contributed by atoms with Crippen molar-refractivity contribution >= 4 is 30.8 Å². The van der Waals surface area contributed by atoms with E-state index in [1.54, 1.807) is 12.4 Å². The highest BCUT2D eigenvalue weighted by Crippen LogP contribution is 2.52. The van der Waals surface area contributed by atoms with Crippen LogP contribution in [0.15, 0.2) is 24.8 Å². The summed E-state index contributed by atoms with van der Waals surface area (Å²) < 4.78 is 60.7. The van der Waals surface area contributed by atoms with Crippen molar-refractivity contribution in [2.75, 3.05) is 48.6 Å². The minimum Gasteiger partial charge on any atom is -0.377 e. The first-order valence-corrected chi connectivity index (χ1v) is 12.6. The van der Waals surface area contributed by atoms with Crippen LogP contribution in [0.3, 0.4) is 0 Å². The normalized spacial score (nSPS) is 23.1. The molecule has 0 radical (unpaired) electrons. The lowest BCUT2D eigenvalue weighted by molar-refractivity contribution is -0.141. The van der Waals surface area contributed by atoms with E-state index >= 15 is 0 Å². The van der Waals surface area contributed by atoms with E-state index in [1.807, 2.05) is 4.68 Å². The average molecular weight is 494 g/mol. The van der Waals surface area contributed by atoms with Crippen molar-refractivity contribution in [3.05, 3.63) is 30.5 Å². The zero-order chi connectivity index (χ0) is 23.5. The number of rotatable bonds is 3. The summed E-state index contributed by atoms with van der Waals surface area (Å²) in [7, 11) is -2.29. The lowest BCUT2D eigenvalue weighted by Gasteiger charge is -2.39. The number of nitrogens with zero attached hydrogens (tertiary/aromatic N) is 8. The third-order valence-electron chi connectivity index (χ3n) is 6.91. The molecule has 3 aliphatic rings. The molecular weight excluding hydrogens is 472 g/mol. The van der Waals surface area contributed by atoms with Gasteiger partial charge in [0.15, 0.2) is 25.1 Å². The van der Waals surface area contributed by atoms with Gasteiger partial charge in [0, 0.05) is 25.8 Å². The number of aromatic nitrogens is 6. The predicted octanol–water partition coefficient (Wildman–Crippen LogP) is 2.79. The SMILES string of the molecule is O=[PH]1CC2(CCN(c3cnc4cnn(C5COC5)c4n3)CC2)CN1c1cncc(C(F)(F)F)n1. The minimum absolute atomic E-state index is 0.0302. The van der Waals surface area contributed by atoms with E-state index in [4.69, 9.17) is 9.72 Å². The lowest BCUT2D eigenvalue weighted by Crippen LogP contribution is -2.43. The monoisotopic (exact) mass is 494 g/mol. The van der Waals surface area contributed by atoms with Gasteiger partial charge >= 0.3 is 6.18 Å². The van der Waals surface area contributed by atoms with E-state index in [2.05, 4.69) is 25.0 Å². The van der Waals surface area contributed by atoms with Gasteiger partial charge in [-0.05, 0) is 18.3 Å². The van der Waals surface area contributed by atoms with E-state index in [9.17, 15) is 17.7 Å². The van der Waals surface area contributed by atoms with Gasteiger partial charge in [-0.2, -0.15) is 18.3 Å². The molecule has 0 amide bonds. The van der Waals surface area contributed by atoms with Crippen molar-refractivity contribution in [3.63, 3.8) is 0 Å². The van der Waals surface area contributed by atoms with Gasteiger partial charge in [0.25, 0.3) is 0 Å². The van der Waals surface area contributed by atoms with Crippen LogP contribution in [-0.2, 0) is 15.5 Å². The van der Waals surface area contributed by atoms with E-state index in [-0.39, 0.29) is 17.3 Å². The molecule has 0 bridgehead atoms. The molecule has 1 atom stereocenters. The van der Waals surface area contributed by atoms with Gasteiger partial charge in [-0.1, -0.05) is 0 Å². The summed E-state index contributed by atoms with van der Waals surface area (Å²) in [5.74, 6) is 0.790. The third-order valence-corrected chi connectivity index (χ3v) is 8.96. The molecule has 3 saturated heterocycles. The third kappa shape index (κ3) is 3.70. The Kier molecular flexibility index (Phi) is 5.03. The van der Waals surface area contributed by atoms with Gasteiger partial charge in [-0.3, -0.25) is 4.98 Å². The summed E-state index contributed by atoms with van der Waals surface area (Å²) in [6, 6.07) is 0.174. The largest absolute Gasteiger partial charge is 0.434 e. The zero-order valence-electron chi connectivity index (χ0n) is 18.1. The maximum Gasteiger partial charge on any atom is 0.434 e. The summed E-state index contributed by atoms with van der Waals surface area (Å²) in [5, 5.41) is 4.40. The fourth-order valence-electron chi connectivity index (χ4n) is 4.87. The Balaban J connectivity index is 1.17. The highest BCUT2D eigenvalue weighted by atomic mass is 31.1. The quantitative estimate of drug-likeness (QED) is 0.509. The van der Waals surface area contributed by atoms with Crippen molar-refractivity contribution in [1.82, 2.24) is 29.7 Å². The topological polar surface area (TPSA) is 102 Å².